The summed E-state index contributed by atoms with van der Waals surface area (Å²) in [6, 6.07) is 5.03. The number of carbonyl (C=O) groups is 1. The Morgan fingerprint density at radius 3 is 2.42 bits per heavy atom. The number of amides is 1. The standard InChI is InChI=1S/C17H22F2N4O/c1-11-8-12(2)23(21-11)10-16(24)20-9-15(22(3)4)17-13(18)6-5-7-14(17)19/h5-8,15H,9-10H2,1-4H3,(H,20,24)/t15-/m1/s1. The van der Waals surface area contributed by atoms with E-state index in [2.05, 4.69) is 10.4 Å². The summed E-state index contributed by atoms with van der Waals surface area (Å²) >= 11 is 0. The summed E-state index contributed by atoms with van der Waals surface area (Å²) in [6.07, 6.45) is 0. The summed E-state index contributed by atoms with van der Waals surface area (Å²) in [6.45, 7) is 3.89. The van der Waals surface area contributed by atoms with E-state index in [1.165, 1.54) is 18.2 Å². The van der Waals surface area contributed by atoms with Crippen LogP contribution in [0.2, 0.25) is 0 Å². The summed E-state index contributed by atoms with van der Waals surface area (Å²) in [5.74, 6) is -1.51. The van der Waals surface area contributed by atoms with E-state index in [0.717, 1.165) is 11.4 Å². The molecule has 1 aromatic carbocycles. The van der Waals surface area contributed by atoms with E-state index in [-0.39, 0.29) is 24.6 Å². The fourth-order valence-corrected chi connectivity index (χ4v) is 2.61. The number of rotatable bonds is 6. The molecular weight excluding hydrogens is 314 g/mol. The van der Waals surface area contributed by atoms with Gasteiger partial charge in [0.25, 0.3) is 0 Å². The van der Waals surface area contributed by atoms with Crippen molar-refractivity contribution in [1.82, 2.24) is 20.0 Å². The van der Waals surface area contributed by atoms with Crippen LogP contribution in [0.5, 0.6) is 0 Å². The van der Waals surface area contributed by atoms with Crippen LogP contribution >= 0.6 is 0 Å². The first-order valence-electron chi connectivity index (χ1n) is 7.67. The zero-order valence-corrected chi connectivity index (χ0v) is 14.3. The van der Waals surface area contributed by atoms with Crippen molar-refractivity contribution >= 4 is 5.91 Å². The molecule has 0 saturated heterocycles. The molecule has 1 aromatic heterocycles. The molecule has 1 amide bonds. The van der Waals surface area contributed by atoms with Gasteiger partial charge in [0, 0.05) is 17.8 Å². The SMILES string of the molecule is Cc1cc(C)n(CC(=O)NC[C@H](c2c(F)cccc2F)N(C)C)n1. The predicted octanol–water partition coefficient (Wildman–Crippen LogP) is 2.20. The summed E-state index contributed by atoms with van der Waals surface area (Å²) in [5.41, 5.74) is 1.67. The topological polar surface area (TPSA) is 50.2 Å². The Balaban J connectivity index is 2.07. The van der Waals surface area contributed by atoms with Gasteiger partial charge in [-0.2, -0.15) is 5.10 Å². The molecule has 0 aliphatic rings. The van der Waals surface area contributed by atoms with Crippen molar-refractivity contribution in [3.63, 3.8) is 0 Å². The Hall–Kier alpha value is -2.28. The molecule has 0 aliphatic carbocycles. The van der Waals surface area contributed by atoms with E-state index in [9.17, 15) is 13.6 Å². The summed E-state index contributed by atoms with van der Waals surface area (Å²) in [4.78, 5) is 13.8. The van der Waals surface area contributed by atoms with Crippen molar-refractivity contribution < 1.29 is 13.6 Å². The highest BCUT2D eigenvalue weighted by atomic mass is 19.1. The number of hydrogen-bond donors (Lipinski definition) is 1. The molecular formula is C17H22F2N4O. The third-order valence-electron chi connectivity index (χ3n) is 3.85. The second-order valence-electron chi connectivity index (χ2n) is 6.00. The quantitative estimate of drug-likeness (QED) is 0.880. The molecule has 0 saturated carbocycles. The Morgan fingerprint density at radius 2 is 1.92 bits per heavy atom. The maximum atomic E-state index is 14.0. The monoisotopic (exact) mass is 336 g/mol. The molecule has 24 heavy (non-hydrogen) atoms. The first-order valence-corrected chi connectivity index (χ1v) is 7.67. The maximum absolute atomic E-state index is 14.0. The first kappa shape index (κ1) is 18.1. The molecule has 7 heteroatoms. The molecule has 2 aromatic rings. The van der Waals surface area contributed by atoms with Gasteiger partial charge in [-0.3, -0.25) is 9.48 Å². The molecule has 1 atom stereocenters. The molecule has 5 nitrogen and oxygen atoms in total. The fourth-order valence-electron chi connectivity index (χ4n) is 2.61. The number of aromatic nitrogens is 2. The van der Waals surface area contributed by atoms with Gasteiger partial charge >= 0.3 is 0 Å². The van der Waals surface area contributed by atoms with Crippen LogP contribution in [0, 0.1) is 25.5 Å². The van der Waals surface area contributed by atoms with Crippen molar-refractivity contribution in [2.75, 3.05) is 20.6 Å². The Bertz CT molecular complexity index is 707. The molecule has 1 N–H and O–H groups in total. The van der Waals surface area contributed by atoms with Crippen molar-refractivity contribution in [3.8, 4) is 0 Å². The lowest BCUT2D eigenvalue weighted by Crippen LogP contribution is -2.37. The summed E-state index contributed by atoms with van der Waals surface area (Å²) < 4.78 is 29.6. The van der Waals surface area contributed by atoms with E-state index >= 15 is 0 Å². The highest BCUT2D eigenvalue weighted by Crippen LogP contribution is 2.23. The largest absolute Gasteiger partial charge is 0.353 e. The first-order chi connectivity index (χ1) is 11.3. The molecule has 0 unspecified atom stereocenters. The number of hydrogen-bond acceptors (Lipinski definition) is 3. The van der Waals surface area contributed by atoms with Gasteiger partial charge in [0.15, 0.2) is 0 Å². The number of nitrogens with one attached hydrogen (secondary N) is 1. The minimum Gasteiger partial charge on any atom is -0.353 e. The molecule has 0 radical (unpaired) electrons. The van der Waals surface area contributed by atoms with Crippen LogP contribution in [0.1, 0.15) is 23.0 Å². The van der Waals surface area contributed by atoms with Crippen molar-refractivity contribution in [2.24, 2.45) is 0 Å². The van der Waals surface area contributed by atoms with E-state index < -0.39 is 17.7 Å². The van der Waals surface area contributed by atoms with Gasteiger partial charge in [0.2, 0.25) is 5.91 Å². The van der Waals surface area contributed by atoms with Crippen LogP contribution in [0.25, 0.3) is 0 Å². The van der Waals surface area contributed by atoms with E-state index in [4.69, 9.17) is 0 Å². The summed E-state index contributed by atoms with van der Waals surface area (Å²) in [7, 11) is 3.42. The van der Waals surface area contributed by atoms with Gasteiger partial charge in [0.05, 0.1) is 11.7 Å². The van der Waals surface area contributed by atoms with Crippen LogP contribution in [0.3, 0.4) is 0 Å². The maximum Gasteiger partial charge on any atom is 0.241 e. The molecule has 130 valence electrons. The van der Waals surface area contributed by atoms with E-state index in [1.54, 1.807) is 23.7 Å². The second-order valence-corrected chi connectivity index (χ2v) is 6.00. The predicted molar refractivity (Wildman–Crippen MR) is 87.5 cm³/mol. The normalized spacial score (nSPS) is 12.5. The van der Waals surface area contributed by atoms with Crippen LogP contribution < -0.4 is 5.32 Å². The third kappa shape index (κ3) is 4.17. The van der Waals surface area contributed by atoms with Gasteiger partial charge in [0.1, 0.15) is 18.2 Å². The molecule has 0 aliphatic heterocycles. The third-order valence-corrected chi connectivity index (χ3v) is 3.85. The highest BCUT2D eigenvalue weighted by molar-refractivity contribution is 5.75. The zero-order chi connectivity index (χ0) is 17.9. The number of carbonyl (C=O) groups excluding carboxylic acids is 1. The average Bonchev–Trinajstić information content (AvgIpc) is 2.79. The minimum atomic E-state index is -0.624. The minimum absolute atomic E-state index is 0.0473. The summed E-state index contributed by atoms with van der Waals surface area (Å²) in [5, 5.41) is 6.95. The molecule has 1 heterocycles. The van der Waals surface area contributed by atoms with Gasteiger partial charge in [-0.25, -0.2) is 8.78 Å². The van der Waals surface area contributed by atoms with Crippen LogP contribution in [-0.2, 0) is 11.3 Å². The molecule has 0 spiro atoms. The smallest absolute Gasteiger partial charge is 0.241 e. The number of likely N-dealkylation sites (N-methyl/N-ethyl adjacent to an activating group) is 1. The second kappa shape index (κ2) is 7.53. The fraction of sp³-hybridized carbons (Fsp3) is 0.412. The molecule has 2 rings (SSSR count). The highest BCUT2D eigenvalue weighted by Gasteiger charge is 2.22. The zero-order valence-electron chi connectivity index (χ0n) is 14.3. The lowest BCUT2D eigenvalue weighted by molar-refractivity contribution is -0.122. The Morgan fingerprint density at radius 1 is 1.29 bits per heavy atom. The Kier molecular flexibility index (Phi) is 5.66. The number of aryl methyl sites for hydroxylation is 2. The van der Waals surface area contributed by atoms with Gasteiger partial charge in [-0.05, 0) is 46.1 Å². The Labute approximate surface area is 140 Å². The number of benzene rings is 1. The van der Waals surface area contributed by atoms with Crippen molar-refractivity contribution in [2.45, 2.75) is 26.4 Å². The van der Waals surface area contributed by atoms with Crippen molar-refractivity contribution in [1.29, 1.82) is 0 Å². The van der Waals surface area contributed by atoms with Gasteiger partial charge in [-0.15, -0.1) is 0 Å². The van der Waals surface area contributed by atoms with Crippen LogP contribution in [0.15, 0.2) is 24.3 Å². The van der Waals surface area contributed by atoms with Gasteiger partial charge in [-0.1, -0.05) is 6.07 Å². The lowest BCUT2D eigenvalue weighted by atomic mass is 10.0. The van der Waals surface area contributed by atoms with Crippen LogP contribution in [0.4, 0.5) is 8.78 Å². The van der Waals surface area contributed by atoms with Crippen molar-refractivity contribution in [3.05, 3.63) is 52.9 Å². The lowest BCUT2D eigenvalue weighted by Gasteiger charge is -2.25. The average molecular weight is 336 g/mol. The number of nitrogens with zero attached hydrogens (tertiary/aromatic N) is 3. The van der Waals surface area contributed by atoms with E-state index in [0.29, 0.717) is 0 Å². The number of halogens is 2. The van der Waals surface area contributed by atoms with Gasteiger partial charge < -0.3 is 10.2 Å². The van der Waals surface area contributed by atoms with Crippen LogP contribution in [-0.4, -0.2) is 41.2 Å². The molecule has 0 bridgehead atoms. The molecule has 0 fully saturated rings. The van der Waals surface area contributed by atoms with E-state index in [1.807, 2.05) is 19.9 Å².